The molecule has 3 aromatic rings. The Morgan fingerprint density at radius 3 is 2.36 bits per heavy atom. The number of rotatable bonds is 5. The molecule has 4 rings (SSSR count). The lowest BCUT2D eigenvalue weighted by molar-refractivity contribution is -0.132. The van der Waals surface area contributed by atoms with E-state index in [1.54, 1.807) is 48.5 Å². The molecular weight excluding hydrogens is 481 g/mol. The van der Waals surface area contributed by atoms with Crippen LogP contribution in [0.5, 0.6) is 5.75 Å². The Bertz CT molecular complexity index is 1360. The predicted octanol–water partition coefficient (Wildman–Crippen LogP) is 6.80. The van der Waals surface area contributed by atoms with E-state index in [4.69, 9.17) is 16.3 Å². The van der Waals surface area contributed by atoms with E-state index in [2.05, 4.69) is 0 Å². The van der Waals surface area contributed by atoms with Crippen molar-refractivity contribution in [2.24, 2.45) is 0 Å². The second-order valence-corrected chi connectivity index (χ2v) is 10.0. The zero-order valence-electron chi connectivity index (χ0n) is 20.5. The molecule has 1 saturated heterocycles. The van der Waals surface area contributed by atoms with Crippen LogP contribution in [0.25, 0.3) is 5.76 Å². The van der Waals surface area contributed by atoms with Gasteiger partial charge in [0, 0.05) is 21.8 Å². The van der Waals surface area contributed by atoms with Gasteiger partial charge in [0.2, 0.25) is 0 Å². The highest BCUT2D eigenvalue weighted by molar-refractivity contribution is 6.51. The summed E-state index contributed by atoms with van der Waals surface area (Å²) in [5.41, 5.74) is 1.57. The topological polar surface area (TPSA) is 66.8 Å². The number of Topliss-reactive ketones (excluding diaryl/α,β-unsaturated/α-hetero) is 1. The van der Waals surface area contributed by atoms with Gasteiger partial charge in [-0.15, -0.1) is 0 Å². The number of halogens is 2. The van der Waals surface area contributed by atoms with Gasteiger partial charge in [0.25, 0.3) is 11.7 Å². The Labute approximate surface area is 214 Å². The number of ketones is 1. The highest BCUT2D eigenvalue weighted by Gasteiger charge is 2.47. The van der Waals surface area contributed by atoms with Crippen LogP contribution in [0.15, 0.2) is 72.3 Å². The van der Waals surface area contributed by atoms with Gasteiger partial charge in [-0.1, -0.05) is 50.6 Å². The molecule has 1 unspecified atom stereocenters. The molecule has 0 spiro atoms. The van der Waals surface area contributed by atoms with Gasteiger partial charge in [-0.05, 0) is 66.4 Å². The molecule has 0 bridgehead atoms. The normalized spacial score (nSPS) is 17.5. The molecule has 1 N–H and O–H groups in total. The van der Waals surface area contributed by atoms with Crippen molar-refractivity contribution in [1.29, 1.82) is 0 Å². The molecule has 1 atom stereocenters. The first-order chi connectivity index (χ1) is 17.0. The Hall–Kier alpha value is -3.64. The second kappa shape index (κ2) is 9.78. The average Bonchev–Trinajstić information content (AvgIpc) is 3.09. The minimum absolute atomic E-state index is 0.0874. The minimum atomic E-state index is -0.978. The van der Waals surface area contributed by atoms with Gasteiger partial charge in [0.15, 0.2) is 0 Å². The van der Waals surface area contributed by atoms with Gasteiger partial charge in [-0.25, -0.2) is 4.39 Å². The van der Waals surface area contributed by atoms with Crippen LogP contribution in [0.1, 0.15) is 50.4 Å². The Morgan fingerprint density at radius 2 is 1.75 bits per heavy atom. The van der Waals surface area contributed by atoms with Crippen LogP contribution in [0, 0.1) is 5.82 Å². The Morgan fingerprint density at radius 1 is 1.06 bits per heavy atom. The first-order valence-electron chi connectivity index (χ1n) is 11.6. The van der Waals surface area contributed by atoms with E-state index >= 15 is 0 Å². The molecule has 36 heavy (non-hydrogen) atoms. The summed E-state index contributed by atoms with van der Waals surface area (Å²) in [6, 6.07) is 16.3. The fourth-order valence-electron chi connectivity index (χ4n) is 4.39. The number of nitrogens with zero attached hydrogens (tertiary/aromatic N) is 1. The van der Waals surface area contributed by atoms with E-state index in [1.165, 1.54) is 23.1 Å². The smallest absolute Gasteiger partial charge is 0.300 e. The quantitative estimate of drug-likeness (QED) is 0.234. The summed E-state index contributed by atoms with van der Waals surface area (Å²) in [5.74, 6) is -1.91. The van der Waals surface area contributed by atoms with Crippen molar-refractivity contribution >= 4 is 34.7 Å². The van der Waals surface area contributed by atoms with E-state index in [9.17, 15) is 19.1 Å². The maximum atomic E-state index is 14.1. The lowest BCUT2D eigenvalue weighted by Crippen LogP contribution is -2.29. The summed E-state index contributed by atoms with van der Waals surface area (Å²) in [6.07, 6.45) is 0. The molecule has 1 heterocycles. The van der Waals surface area contributed by atoms with E-state index < -0.39 is 23.5 Å². The SMILES string of the molecule is CCOc1ccc(/C(O)=C2/C(=O)C(=O)N(c3cccc(F)c3)C2c2ccc(Cl)cc2)cc1C(C)(C)C. The van der Waals surface area contributed by atoms with Gasteiger partial charge in [0.1, 0.15) is 17.3 Å². The van der Waals surface area contributed by atoms with Crippen LogP contribution in [0.3, 0.4) is 0 Å². The number of aliphatic hydroxyl groups is 1. The molecule has 1 fully saturated rings. The third-order valence-corrected chi connectivity index (χ3v) is 6.33. The standard InChI is InChI=1S/C29H27ClFNO4/c1-5-36-23-14-11-18(15-22(23)29(2,3)4)26(33)24-25(17-9-12-19(30)13-10-17)32(28(35)27(24)34)21-8-6-7-20(31)16-21/h6-16,25,33H,5H2,1-4H3/b26-24-. The first kappa shape index (κ1) is 25.5. The molecule has 5 nitrogen and oxygen atoms in total. The maximum absolute atomic E-state index is 14.1. The zero-order valence-corrected chi connectivity index (χ0v) is 21.3. The molecule has 1 amide bonds. The number of carbonyl (C=O) groups is 2. The van der Waals surface area contributed by atoms with Gasteiger partial charge in [-0.2, -0.15) is 0 Å². The van der Waals surface area contributed by atoms with Crippen LogP contribution in [-0.4, -0.2) is 23.4 Å². The molecule has 0 radical (unpaired) electrons. The number of anilines is 1. The van der Waals surface area contributed by atoms with Gasteiger partial charge < -0.3 is 9.84 Å². The molecule has 1 aliphatic rings. The van der Waals surface area contributed by atoms with Crippen molar-refractivity contribution in [3.05, 3.63) is 99.8 Å². The zero-order chi connectivity index (χ0) is 26.2. The number of benzene rings is 3. The van der Waals surface area contributed by atoms with E-state index in [0.29, 0.717) is 28.5 Å². The van der Waals surface area contributed by atoms with Crippen LogP contribution < -0.4 is 9.64 Å². The van der Waals surface area contributed by atoms with Gasteiger partial charge in [-0.3, -0.25) is 14.5 Å². The van der Waals surface area contributed by atoms with Crippen molar-refractivity contribution in [2.45, 2.75) is 39.2 Å². The number of carbonyl (C=O) groups excluding carboxylic acids is 2. The molecule has 1 aliphatic heterocycles. The highest BCUT2D eigenvalue weighted by Crippen LogP contribution is 2.43. The van der Waals surface area contributed by atoms with Crippen LogP contribution in [0.4, 0.5) is 10.1 Å². The number of ether oxygens (including phenoxy) is 1. The van der Waals surface area contributed by atoms with Gasteiger partial charge in [0.05, 0.1) is 18.2 Å². The highest BCUT2D eigenvalue weighted by atomic mass is 35.5. The number of hydrogen-bond acceptors (Lipinski definition) is 4. The summed E-state index contributed by atoms with van der Waals surface area (Å²) in [6.45, 7) is 8.42. The fraction of sp³-hybridized carbons (Fsp3) is 0.241. The van der Waals surface area contributed by atoms with Crippen molar-refractivity contribution in [1.82, 2.24) is 0 Å². The molecule has 7 heteroatoms. The number of hydrogen-bond donors (Lipinski definition) is 1. The lowest BCUT2D eigenvalue weighted by Gasteiger charge is -2.26. The van der Waals surface area contributed by atoms with Crippen molar-refractivity contribution in [3.8, 4) is 5.75 Å². The monoisotopic (exact) mass is 507 g/mol. The van der Waals surface area contributed by atoms with Crippen molar-refractivity contribution in [3.63, 3.8) is 0 Å². The summed E-state index contributed by atoms with van der Waals surface area (Å²) in [7, 11) is 0. The number of aliphatic hydroxyl groups excluding tert-OH is 1. The maximum Gasteiger partial charge on any atom is 0.300 e. The van der Waals surface area contributed by atoms with Gasteiger partial charge >= 0.3 is 0 Å². The second-order valence-electron chi connectivity index (χ2n) is 9.59. The molecule has 0 saturated carbocycles. The summed E-state index contributed by atoms with van der Waals surface area (Å²) >= 11 is 6.07. The average molecular weight is 508 g/mol. The first-order valence-corrected chi connectivity index (χ1v) is 12.0. The molecule has 0 aliphatic carbocycles. The van der Waals surface area contributed by atoms with Crippen LogP contribution in [-0.2, 0) is 15.0 Å². The summed E-state index contributed by atoms with van der Waals surface area (Å²) in [5, 5.41) is 11.9. The molecule has 186 valence electrons. The summed E-state index contributed by atoms with van der Waals surface area (Å²) < 4.78 is 19.9. The Balaban J connectivity index is 1.95. The van der Waals surface area contributed by atoms with Crippen molar-refractivity contribution in [2.75, 3.05) is 11.5 Å². The minimum Gasteiger partial charge on any atom is -0.507 e. The largest absolute Gasteiger partial charge is 0.507 e. The number of amides is 1. The van der Waals surface area contributed by atoms with Crippen LogP contribution in [0.2, 0.25) is 5.02 Å². The lowest BCUT2D eigenvalue weighted by atomic mass is 9.84. The van der Waals surface area contributed by atoms with E-state index in [0.717, 1.165) is 5.56 Å². The van der Waals surface area contributed by atoms with Crippen molar-refractivity contribution < 1.29 is 23.8 Å². The molecular formula is C29H27ClFNO4. The third kappa shape index (κ3) is 4.73. The van der Waals surface area contributed by atoms with Crippen LogP contribution >= 0.6 is 11.6 Å². The van der Waals surface area contributed by atoms with E-state index in [1.807, 2.05) is 27.7 Å². The molecule has 0 aromatic heterocycles. The Kier molecular flexibility index (Phi) is 6.92. The third-order valence-electron chi connectivity index (χ3n) is 6.08. The predicted molar refractivity (Wildman–Crippen MR) is 139 cm³/mol. The van der Waals surface area contributed by atoms with E-state index in [-0.39, 0.29) is 22.4 Å². The molecule has 3 aromatic carbocycles. The fourth-order valence-corrected chi connectivity index (χ4v) is 4.51. The summed E-state index contributed by atoms with van der Waals surface area (Å²) in [4.78, 5) is 27.8.